The van der Waals surface area contributed by atoms with Crippen LogP contribution in [0.3, 0.4) is 0 Å². The largest absolute Gasteiger partial charge is 0.358 e. The van der Waals surface area contributed by atoms with Crippen LogP contribution >= 0.6 is 12.2 Å². The van der Waals surface area contributed by atoms with Crippen LogP contribution in [-0.4, -0.2) is 14.9 Å². The van der Waals surface area contributed by atoms with E-state index in [1.165, 1.54) is 11.1 Å². The van der Waals surface area contributed by atoms with Crippen LogP contribution in [0.15, 0.2) is 73.1 Å². The van der Waals surface area contributed by atoms with Gasteiger partial charge in [-0.15, -0.1) is 0 Å². The average molecular weight is 322 g/mol. The first-order chi connectivity index (χ1) is 11.3. The molecule has 0 atom stereocenters. The van der Waals surface area contributed by atoms with Gasteiger partial charge in [0.25, 0.3) is 0 Å². The van der Waals surface area contributed by atoms with E-state index >= 15 is 0 Å². The lowest BCUT2D eigenvalue weighted by molar-refractivity contribution is 0.687. The van der Waals surface area contributed by atoms with Crippen molar-refractivity contribution in [2.24, 2.45) is 0 Å². The van der Waals surface area contributed by atoms with Crippen molar-refractivity contribution in [3.05, 3.63) is 84.2 Å². The minimum atomic E-state index is 0.619. The van der Waals surface area contributed by atoms with Crippen LogP contribution in [-0.2, 0) is 13.1 Å². The second-order valence-corrected chi connectivity index (χ2v) is 5.60. The maximum atomic E-state index is 5.33. The molecule has 2 N–H and O–H groups in total. The Balaban J connectivity index is 1.50. The highest BCUT2D eigenvalue weighted by Crippen LogP contribution is 2.10. The third-order valence-corrected chi connectivity index (χ3v) is 3.66. The van der Waals surface area contributed by atoms with Gasteiger partial charge in [0.1, 0.15) is 0 Å². The topological polar surface area (TPSA) is 41.9 Å². The van der Waals surface area contributed by atoms with Crippen molar-refractivity contribution in [3.8, 4) is 0 Å². The predicted molar refractivity (Wildman–Crippen MR) is 97.3 cm³/mol. The van der Waals surface area contributed by atoms with Gasteiger partial charge in [-0.3, -0.25) is 4.68 Å². The Morgan fingerprint density at radius 3 is 2.43 bits per heavy atom. The zero-order valence-electron chi connectivity index (χ0n) is 12.6. The van der Waals surface area contributed by atoms with Crippen LogP contribution in [0.25, 0.3) is 0 Å². The molecule has 0 amide bonds. The molecule has 0 spiro atoms. The third kappa shape index (κ3) is 4.66. The molecular formula is C18H18N4S. The first-order valence-corrected chi connectivity index (χ1v) is 7.85. The van der Waals surface area contributed by atoms with E-state index < -0.39 is 0 Å². The van der Waals surface area contributed by atoms with E-state index in [0.717, 1.165) is 12.2 Å². The minimum absolute atomic E-state index is 0.619. The Morgan fingerprint density at radius 2 is 1.74 bits per heavy atom. The van der Waals surface area contributed by atoms with Crippen LogP contribution in [0.4, 0.5) is 5.69 Å². The maximum Gasteiger partial charge on any atom is 0.171 e. The highest BCUT2D eigenvalue weighted by molar-refractivity contribution is 7.80. The Kier molecular flexibility index (Phi) is 5.01. The first kappa shape index (κ1) is 15.2. The molecule has 23 heavy (non-hydrogen) atoms. The molecule has 3 rings (SSSR count). The fourth-order valence-corrected chi connectivity index (χ4v) is 2.42. The van der Waals surface area contributed by atoms with Crippen molar-refractivity contribution in [1.82, 2.24) is 15.1 Å². The maximum absolute atomic E-state index is 5.33. The number of hydrogen-bond acceptors (Lipinski definition) is 2. The molecule has 0 radical (unpaired) electrons. The summed E-state index contributed by atoms with van der Waals surface area (Å²) in [4.78, 5) is 0. The molecule has 0 unspecified atom stereocenters. The van der Waals surface area contributed by atoms with E-state index in [4.69, 9.17) is 12.2 Å². The summed E-state index contributed by atoms with van der Waals surface area (Å²) in [5, 5.41) is 11.2. The zero-order valence-corrected chi connectivity index (χ0v) is 13.5. The number of nitrogens with zero attached hydrogens (tertiary/aromatic N) is 2. The summed E-state index contributed by atoms with van der Waals surface area (Å²) in [5.41, 5.74) is 3.37. The van der Waals surface area contributed by atoms with Crippen LogP contribution < -0.4 is 10.6 Å². The molecule has 0 saturated heterocycles. The molecule has 1 aromatic heterocycles. The van der Waals surface area contributed by atoms with E-state index in [2.05, 4.69) is 40.0 Å². The Bertz CT molecular complexity index is 736. The lowest BCUT2D eigenvalue weighted by Gasteiger charge is -2.11. The standard InChI is InChI=1S/C18H18N4S/c23-18(19-13-15-5-2-1-3-6-15)21-17-9-7-16(8-10-17)14-22-12-4-11-20-22/h1-12H,13-14H2,(H2,19,21,23). The van der Waals surface area contributed by atoms with Gasteiger partial charge in [-0.1, -0.05) is 42.5 Å². The number of benzene rings is 2. The molecule has 0 aliphatic carbocycles. The third-order valence-electron chi connectivity index (χ3n) is 3.41. The number of rotatable bonds is 5. The van der Waals surface area contributed by atoms with E-state index in [0.29, 0.717) is 11.7 Å². The molecule has 0 fully saturated rings. The second-order valence-electron chi connectivity index (χ2n) is 5.19. The molecule has 116 valence electrons. The van der Waals surface area contributed by atoms with Gasteiger partial charge in [-0.2, -0.15) is 5.10 Å². The molecule has 4 nitrogen and oxygen atoms in total. The van der Waals surface area contributed by atoms with Crippen LogP contribution in [0, 0.1) is 0 Å². The number of anilines is 1. The SMILES string of the molecule is S=C(NCc1ccccc1)Nc1ccc(Cn2cccn2)cc1. The van der Waals surface area contributed by atoms with Crippen molar-refractivity contribution in [2.45, 2.75) is 13.1 Å². The lowest BCUT2D eigenvalue weighted by Crippen LogP contribution is -2.27. The first-order valence-electron chi connectivity index (χ1n) is 7.45. The molecular weight excluding hydrogens is 304 g/mol. The molecule has 1 heterocycles. The Labute approximate surface area is 141 Å². The smallest absolute Gasteiger partial charge is 0.171 e. The quantitative estimate of drug-likeness (QED) is 0.706. The van der Waals surface area contributed by atoms with E-state index in [1.54, 1.807) is 6.20 Å². The Hall–Kier alpha value is -2.66. The second kappa shape index (κ2) is 7.56. The minimum Gasteiger partial charge on any atom is -0.358 e. The van der Waals surface area contributed by atoms with Crippen molar-refractivity contribution in [3.63, 3.8) is 0 Å². The number of hydrogen-bond donors (Lipinski definition) is 2. The van der Waals surface area contributed by atoms with Crippen molar-refractivity contribution in [2.75, 3.05) is 5.32 Å². The summed E-state index contributed by atoms with van der Waals surface area (Å²) < 4.78 is 1.90. The summed E-state index contributed by atoms with van der Waals surface area (Å²) in [6.07, 6.45) is 3.74. The lowest BCUT2D eigenvalue weighted by atomic mass is 10.2. The average Bonchev–Trinajstić information content (AvgIpc) is 3.09. The summed E-state index contributed by atoms with van der Waals surface area (Å²) in [7, 11) is 0. The molecule has 5 heteroatoms. The Morgan fingerprint density at radius 1 is 0.957 bits per heavy atom. The van der Waals surface area contributed by atoms with Crippen LogP contribution in [0.5, 0.6) is 0 Å². The van der Waals surface area contributed by atoms with E-state index in [-0.39, 0.29) is 0 Å². The molecule has 2 aromatic carbocycles. The number of aromatic nitrogens is 2. The van der Waals surface area contributed by atoms with E-state index in [1.807, 2.05) is 47.3 Å². The van der Waals surface area contributed by atoms with Gasteiger partial charge in [0.15, 0.2) is 5.11 Å². The van der Waals surface area contributed by atoms with Crippen molar-refractivity contribution in [1.29, 1.82) is 0 Å². The summed E-state index contributed by atoms with van der Waals surface area (Å²) in [5.74, 6) is 0. The highest BCUT2D eigenvalue weighted by Gasteiger charge is 2.00. The van der Waals surface area contributed by atoms with Crippen molar-refractivity contribution >= 4 is 23.0 Å². The zero-order chi connectivity index (χ0) is 15.9. The number of thiocarbonyl (C=S) groups is 1. The summed E-state index contributed by atoms with van der Waals surface area (Å²) in [6, 6.07) is 20.3. The summed E-state index contributed by atoms with van der Waals surface area (Å²) >= 11 is 5.33. The summed E-state index contributed by atoms with van der Waals surface area (Å²) in [6.45, 7) is 1.48. The molecule has 0 aliphatic rings. The highest BCUT2D eigenvalue weighted by atomic mass is 32.1. The van der Waals surface area contributed by atoms with Gasteiger partial charge in [-0.05, 0) is 41.5 Å². The van der Waals surface area contributed by atoms with Crippen LogP contribution in [0.1, 0.15) is 11.1 Å². The van der Waals surface area contributed by atoms with Gasteiger partial charge in [-0.25, -0.2) is 0 Å². The van der Waals surface area contributed by atoms with Crippen LogP contribution in [0.2, 0.25) is 0 Å². The fraction of sp³-hybridized carbons (Fsp3) is 0.111. The fourth-order valence-electron chi connectivity index (χ4n) is 2.23. The number of nitrogens with one attached hydrogen (secondary N) is 2. The normalized spacial score (nSPS) is 10.3. The predicted octanol–water partition coefficient (Wildman–Crippen LogP) is 3.42. The van der Waals surface area contributed by atoms with Gasteiger partial charge in [0.05, 0.1) is 6.54 Å². The van der Waals surface area contributed by atoms with E-state index in [9.17, 15) is 0 Å². The monoisotopic (exact) mass is 322 g/mol. The van der Waals surface area contributed by atoms with Gasteiger partial charge < -0.3 is 10.6 Å². The molecule has 0 saturated carbocycles. The van der Waals surface area contributed by atoms with Gasteiger partial charge in [0.2, 0.25) is 0 Å². The van der Waals surface area contributed by atoms with Gasteiger partial charge in [0, 0.05) is 24.6 Å². The molecule has 0 aliphatic heterocycles. The van der Waals surface area contributed by atoms with Crippen molar-refractivity contribution < 1.29 is 0 Å². The molecule has 0 bridgehead atoms. The molecule has 3 aromatic rings. The van der Waals surface area contributed by atoms with Gasteiger partial charge >= 0.3 is 0 Å².